The van der Waals surface area contributed by atoms with Gasteiger partial charge in [-0.2, -0.15) is 13.2 Å². The van der Waals surface area contributed by atoms with E-state index in [1.807, 2.05) is 30.3 Å². The Morgan fingerprint density at radius 1 is 1.29 bits per heavy atom. The lowest BCUT2D eigenvalue weighted by molar-refractivity contribution is -0.137. The molecule has 112 valence electrons. The minimum atomic E-state index is -4.51. The van der Waals surface area contributed by atoms with Gasteiger partial charge in [0.1, 0.15) is 0 Å². The molecule has 0 aliphatic carbocycles. The van der Waals surface area contributed by atoms with E-state index in [0.717, 1.165) is 11.8 Å². The molecule has 0 aliphatic heterocycles. The summed E-state index contributed by atoms with van der Waals surface area (Å²) >= 11 is 0.369. The van der Waals surface area contributed by atoms with Gasteiger partial charge < -0.3 is 5.73 Å². The number of thiazole rings is 1. The molecule has 0 spiro atoms. The van der Waals surface area contributed by atoms with Gasteiger partial charge in [-0.15, -0.1) is 11.3 Å². The molecule has 1 aromatic carbocycles. The monoisotopic (exact) mass is 314 g/mol. The van der Waals surface area contributed by atoms with E-state index in [0.29, 0.717) is 17.8 Å². The van der Waals surface area contributed by atoms with Gasteiger partial charge in [-0.3, -0.25) is 4.79 Å². The summed E-state index contributed by atoms with van der Waals surface area (Å²) in [4.78, 5) is 15.1. The highest BCUT2D eigenvalue weighted by atomic mass is 32.1. The van der Waals surface area contributed by atoms with Gasteiger partial charge in [-0.1, -0.05) is 30.3 Å². The molecule has 1 aromatic heterocycles. The van der Waals surface area contributed by atoms with Crippen molar-refractivity contribution in [1.82, 2.24) is 4.98 Å². The van der Waals surface area contributed by atoms with E-state index >= 15 is 0 Å². The number of nitrogens with two attached hydrogens (primary N) is 1. The van der Waals surface area contributed by atoms with Crippen molar-refractivity contribution in [2.24, 2.45) is 5.73 Å². The molecule has 0 fully saturated rings. The van der Waals surface area contributed by atoms with Crippen LogP contribution in [0.25, 0.3) is 0 Å². The molecule has 0 amide bonds. The standard InChI is InChI=1S/C14H13F3N2OS/c15-14(16,17)13-19-8-12(21-13)11(20)7-6-10(18)9-4-2-1-3-5-9/h1-5,8,10H,6-7,18H2. The maximum Gasteiger partial charge on any atom is 0.443 e. The number of rotatable bonds is 5. The second kappa shape index (κ2) is 6.36. The zero-order valence-corrected chi connectivity index (χ0v) is 11.7. The fraction of sp³-hybridized carbons (Fsp3) is 0.286. The van der Waals surface area contributed by atoms with E-state index < -0.39 is 11.2 Å². The Morgan fingerprint density at radius 3 is 2.52 bits per heavy atom. The number of aromatic nitrogens is 1. The molecule has 21 heavy (non-hydrogen) atoms. The molecule has 0 saturated carbocycles. The van der Waals surface area contributed by atoms with Crippen LogP contribution >= 0.6 is 11.3 Å². The number of carbonyl (C=O) groups excluding carboxylic acids is 1. The second-order valence-corrected chi connectivity index (χ2v) is 5.54. The number of benzene rings is 1. The third-order valence-corrected chi connectivity index (χ3v) is 4.02. The largest absolute Gasteiger partial charge is 0.443 e. The zero-order chi connectivity index (χ0) is 15.5. The summed E-state index contributed by atoms with van der Waals surface area (Å²) in [5.74, 6) is -0.366. The maximum atomic E-state index is 12.4. The normalized spacial score (nSPS) is 13.1. The van der Waals surface area contributed by atoms with Crippen molar-refractivity contribution in [2.75, 3.05) is 0 Å². The van der Waals surface area contributed by atoms with Crippen LogP contribution in [0.2, 0.25) is 0 Å². The molecular formula is C14H13F3N2OS. The number of Topliss-reactive ketones (excluding diaryl/α,β-unsaturated/α-hetero) is 1. The Balaban J connectivity index is 1.95. The first-order valence-electron chi connectivity index (χ1n) is 6.24. The topological polar surface area (TPSA) is 56.0 Å². The van der Waals surface area contributed by atoms with Crippen LogP contribution in [0.4, 0.5) is 13.2 Å². The van der Waals surface area contributed by atoms with Crippen molar-refractivity contribution in [2.45, 2.75) is 25.1 Å². The SMILES string of the molecule is NC(CCC(=O)c1cnc(C(F)(F)F)s1)c1ccccc1. The van der Waals surface area contributed by atoms with E-state index in [-0.39, 0.29) is 23.1 Å². The number of halogens is 3. The van der Waals surface area contributed by atoms with Crippen LogP contribution in [0, 0.1) is 0 Å². The van der Waals surface area contributed by atoms with Gasteiger partial charge in [-0.25, -0.2) is 4.98 Å². The summed E-state index contributed by atoms with van der Waals surface area (Å²) in [5.41, 5.74) is 6.85. The molecule has 0 aliphatic rings. The van der Waals surface area contributed by atoms with Gasteiger partial charge in [0.05, 0.1) is 4.88 Å². The Kier molecular flexibility index (Phi) is 4.74. The highest BCUT2D eigenvalue weighted by Gasteiger charge is 2.35. The molecule has 3 nitrogen and oxygen atoms in total. The Labute approximate surface area is 123 Å². The summed E-state index contributed by atoms with van der Waals surface area (Å²) < 4.78 is 37.2. The second-order valence-electron chi connectivity index (χ2n) is 4.51. The van der Waals surface area contributed by atoms with Crippen LogP contribution in [-0.4, -0.2) is 10.8 Å². The predicted molar refractivity (Wildman–Crippen MR) is 74.1 cm³/mol. The van der Waals surface area contributed by atoms with Crippen molar-refractivity contribution in [3.63, 3.8) is 0 Å². The van der Waals surface area contributed by atoms with Crippen LogP contribution in [0.5, 0.6) is 0 Å². The summed E-state index contributed by atoms with van der Waals surface area (Å²) in [6.45, 7) is 0. The van der Waals surface area contributed by atoms with Gasteiger partial charge >= 0.3 is 6.18 Å². The van der Waals surface area contributed by atoms with E-state index in [1.54, 1.807) is 0 Å². The van der Waals surface area contributed by atoms with E-state index in [1.165, 1.54) is 0 Å². The molecule has 0 bridgehead atoms. The average molecular weight is 314 g/mol. The molecule has 2 aromatic rings. The molecule has 7 heteroatoms. The summed E-state index contributed by atoms with van der Waals surface area (Å²) in [6.07, 6.45) is -3.06. The fourth-order valence-corrected chi connectivity index (χ4v) is 2.56. The number of hydrogen-bond donors (Lipinski definition) is 1. The third-order valence-electron chi connectivity index (χ3n) is 2.93. The van der Waals surface area contributed by atoms with Crippen molar-refractivity contribution < 1.29 is 18.0 Å². The van der Waals surface area contributed by atoms with Crippen LogP contribution in [0.1, 0.15) is 39.1 Å². The lowest BCUT2D eigenvalue weighted by Crippen LogP contribution is -2.12. The smallest absolute Gasteiger partial charge is 0.324 e. The summed E-state index contributed by atoms with van der Waals surface area (Å²) in [5, 5.41) is -1.00. The molecule has 2 N–H and O–H groups in total. The van der Waals surface area contributed by atoms with Gasteiger partial charge in [0, 0.05) is 18.7 Å². The number of carbonyl (C=O) groups is 1. The van der Waals surface area contributed by atoms with Gasteiger partial charge in [0.2, 0.25) is 0 Å². The van der Waals surface area contributed by atoms with Crippen molar-refractivity contribution in [3.05, 3.63) is 52.0 Å². The minimum Gasteiger partial charge on any atom is -0.324 e. The molecule has 1 atom stereocenters. The minimum absolute atomic E-state index is 0.0163. The van der Waals surface area contributed by atoms with Crippen molar-refractivity contribution in [3.8, 4) is 0 Å². The van der Waals surface area contributed by atoms with Gasteiger partial charge in [0.15, 0.2) is 10.8 Å². The highest BCUT2D eigenvalue weighted by molar-refractivity contribution is 7.13. The van der Waals surface area contributed by atoms with E-state index in [4.69, 9.17) is 5.73 Å². The first kappa shape index (κ1) is 15.7. The molecule has 1 heterocycles. The Morgan fingerprint density at radius 2 is 1.95 bits per heavy atom. The third kappa shape index (κ3) is 4.12. The Bertz CT molecular complexity index is 610. The van der Waals surface area contributed by atoms with E-state index in [9.17, 15) is 18.0 Å². The summed E-state index contributed by atoms with van der Waals surface area (Å²) in [7, 11) is 0. The van der Waals surface area contributed by atoms with Gasteiger partial charge in [0.25, 0.3) is 0 Å². The maximum absolute atomic E-state index is 12.4. The van der Waals surface area contributed by atoms with Crippen molar-refractivity contribution in [1.29, 1.82) is 0 Å². The molecular weight excluding hydrogens is 301 g/mol. The first-order chi connectivity index (χ1) is 9.88. The highest BCUT2D eigenvalue weighted by Crippen LogP contribution is 2.33. The lowest BCUT2D eigenvalue weighted by atomic mass is 10.0. The molecule has 0 radical (unpaired) electrons. The van der Waals surface area contributed by atoms with Crippen LogP contribution in [0.3, 0.4) is 0 Å². The van der Waals surface area contributed by atoms with Crippen LogP contribution in [0.15, 0.2) is 36.5 Å². The predicted octanol–water partition coefficient (Wildman–Crippen LogP) is 3.82. The van der Waals surface area contributed by atoms with Crippen molar-refractivity contribution >= 4 is 17.1 Å². The Hall–Kier alpha value is -1.73. The molecule has 1 unspecified atom stereocenters. The average Bonchev–Trinajstić information content (AvgIpc) is 2.95. The van der Waals surface area contributed by atoms with Gasteiger partial charge in [-0.05, 0) is 12.0 Å². The first-order valence-corrected chi connectivity index (χ1v) is 7.06. The van der Waals surface area contributed by atoms with E-state index in [2.05, 4.69) is 4.98 Å². The molecule has 0 saturated heterocycles. The molecule has 2 rings (SSSR count). The number of hydrogen-bond acceptors (Lipinski definition) is 4. The fourth-order valence-electron chi connectivity index (χ4n) is 1.81. The number of alkyl halides is 3. The summed E-state index contributed by atoms with van der Waals surface area (Å²) in [6, 6.07) is 8.93. The van der Waals surface area contributed by atoms with Crippen LogP contribution in [-0.2, 0) is 6.18 Å². The van der Waals surface area contributed by atoms with Crippen LogP contribution < -0.4 is 5.73 Å². The lowest BCUT2D eigenvalue weighted by Gasteiger charge is -2.10. The number of nitrogens with zero attached hydrogens (tertiary/aromatic N) is 1. The zero-order valence-electron chi connectivity index (χ0n) is 10.9. The quantitative estimate of drug-likeness (QED) is 0.853. The number of ketones is 1.